The number of amides is 2. The number of carbonyl (C=O) groups is 2. The van der Waals surface area contributed by atoms with Crippen LogP contribution in [0.1, 0.15) is 18.4 Å². The average molecular weight is 262 g/mol. The lowest BCUT2D eigenvalue weighted by atomic mass is 10.2. The van der Waals surface area contributed by atoms with Gasteiger partial charge in [-0.1, -0.05) is 17.7 Å². The highest BCUT2D eigenvalue weighted by atomic mass is 16.4. The summed E-state index contributed by atoms with van der Waals surface area (Å²) in [5.41, 5.74) is 1.67. The molecule has 0 heterocycles. The highest BCUT2D eigenvalue weighted by Gasteiger charge is 2.24. The standard InChI is InChI=1S/C14H18N2O3/c1-10-2-6-12(7-3-10)16(9-13(17)18)14(19)15-8-11-4-5-11/h2-3,6-7,11H,4-5,8-9H2,1H3,(H,15,19)(H,17,18). The second-order valence-corrected chi connectivity index (χ2v) is 4.94. The van der Waals surface area contributed by atoms with E-state index in [0.29, 0.717) is 18.2 Å². The number of hydrogen-bond acceptors (Lipinski definition) is 2. The van der Waals surface area contributed by atoms with Crippen LogP contribution in [0.4, 0.5) is 10.5 Å². The van der Waals surface area contributed by atoms with E-state index in [1.807, 2.05) is 19.1 Å². The molecule has 0 aliphatic heterocycles. The minimum atomic E-state index is -1.03. The van der Waals surface area contributed by atoms with E-state index in [1.54, 1.807) is 12.1 Å². The van der Waals surface area contributed by atoms with Gasteiger partial charge >= 0.3 is 12.0 Å². The average Bonchev–Trinajstić information content (AvgIpc) is 3.18. The van der Waals surface area contributed by atoms with Gasteiger partial charge in [-0.2, -0.15) is 0 Å². The fourth-order valence-electron chi connectivity index (χ4n) is 1.79. The quantitative estimate of drug-likeness (QED) is 0.852. The second-order valence-electron chi connectivity index (χ2n) is 4.94. The van der Waals surface area contributed by atoms with E-state index < -0.39 is 5.97 Å². The Morgan fingerprint density at radius 1 is 1.32 bits per heavy atom. The first-order chi connectivity index (χ1) is 9.06. The van der Waals surface area contributed by atoms with Crippen LogP contribution in [0.2, 0.25) is 0 Å². The summed E-state index contributed by atoms with van der Waals surface area (Å²) < 4.78 is 0. The first-order valence-corrected chi connectivity index (χ1v) is 6.40. The van der Waals surface area contributed by atoms with E-state index >= 15 is 0 Å². The van der Waals surface area contributed by atoms with Crippen LogP contribution in [0.25, 0.3) is 0 Å². The van der Waals surface area contributed by atoms with Gasteiger partial charge in [0.2, 0.25) is 0 Å². The summed E-state index contributed by atoms with van der Waals surface area (Å²) in [7, 11) is 0. The maximum atomic E-state index is 12.0. The SMILES string of the molecule is Cc1ccc(N(CC(=O)O)C(=O)NCC2CC2)cc1. The molecule has 2 N–H and O–H groups in total. The number of carbonyl (C=O) groups excluding carboxylic acids is 1. The number of nitrogens with zero attached hydrogens (tertiary/aromatic N) is 1. The van der Waals surface area contributed by atoms with Crippen LogP contribution in [-0.2, 0) is 4.79 Å². The number of carboxylic acids is 1. The van der Waals surface area contributed by atoms with Crippen molar-refractivity contribution in [2.24, 2.45) is 5.92 Å². The van der Waals surface area contributed by atoms with Crippen molar-refractivity contribution in [2.75, 3.05) is 18.0 Å². The molecule has 1 aliphatic carbocycles. The zero-order chi connectivity index (χ0) is 13.8. The summed E-state index contributed by atoms with van der Waals surface area (Å²) in [5, 5.41) is 11.7. The molecular weight excluding hydrogens is 244 g/mol. The summed E-state index contributed by atoms with van der Waals surface area (Å²) in [6, 6.07) is 6.89. The Labute approximate surface area is 112 Å². The van der Waals surface area contributed by atoms with Crippen LogP contribution in [0.15, 0.2) is 24.3 Å². The number of hydrogen-bond donors (Lipinski definition) is 2. The first-order valence-electron chi connectivity index (χ1n) is 6.40. The number of carboxylic acid groups (broad SMARTS) is 1. The number of urea groups is 1. The van der Waals surface area contributed by atoms with Crippen molar-refractivity contribution in [3.63, 3.8) is 0 Å². The molecule has 1 aromatic rings. The Hall–Kier alpha value is -2.04. The zero-order valence-electron chi connectivity index (χ0n) is 10.9. The number of benzene rings is 1. The monoisotopic (exact) mass is 262 g/mol. The van der Waals surface area contributed by atoms with Crippen LogP contribution >= 0.6 is 0 Å². The number of rotatable bonds is 5. The van der Waals surface area contributed by atoms with Crippen LogP contribution in [-0.4, -0.2) is 30.2 Å². The third kappa shape index (κ3) is 3.98. The molecule has 0 radical (unpaired) electrons. The minimum absolute atomic E-state index is 0.334. The predicted molar refractivity (Wildman–Crippen MR) is 72.3 cm³/mol. The van der Waals surface area contributed by atoms with Crippen LogP contribution in [0.5, 0.6) is 0 Å². The topological polar surface area (TPSA) is 69.6 Å². The summed E-state index contributed by atoms with van der Waals surface area (Å²) in [6.45, 7) is 2.23. The molecule has 0 aromatic heterocycles. The third-order valence-electron chi connectivity index (χ3n) is 3.12. The molecule has 5 nitrogen and oxygen atoms in total. The molecule has 102 valence electrons. The van der Waals surface area contributed by atoms with Gasteiger partial charge < -0.3 is 10.4 Å². The lowest BCUT2D eigenvalue weighted by Crippen LogP contribution is -2.43. The van der Waals surface area contributed by atoms with Crippen LogP contribution in [0, 0.1) is 12.8 Å². The van der Waals surface area contributed by atoms with Gasteiger partial charge in [-0.15, -0.1) is 0 Å². The molecular formula is C14H18N2O3. The first kappa shape index (κ1) is 13.4. The molecule has 0 atom stereocenters. The molecule has 2 rings (SSSR count). The van der Waals surface area contributed by atoms with Crippen molar-refractivity contribution < 1.29 is 14.7 Å². The van der Waals surface area contributed by atoms with Gasteiger partial charge in [0.25, 0.3) is 0 Å². The van der Waals surface area contributed by atoms with Gasteiger partial charge in [0.05, 0.1) is 0 Å². The lowest BCUT2D eigenvalue weighted by Gasteiger charge is -2.21. The number of aryl methyl sites for hydroxylation is 1. The number of aliphatic carboxylic acids is 1. The van der Waals surface area contributed by atoms with Crippen molar-refractivity contribution in [1.82, 2.24) is 5.32 Å². The summed E-state index contributed by atoms with van der Waals surface area (Å²) in [5.74, 6) is -0.462. The molecule has 0 bridgehead atoms. The van der Waals surface area contributed by atoms with Gasteiger partial charge in [-0.05, 0) is 37.8 Å². The number of nitrogens with one attached hydrogen (secondary N) is 1. The number of anilines is 1. The normalized spacial score (nSPS) is 13.9. The van der Waals surface area contributed by atoms with Crippen molar-refractivity contribution >= 4 is 17.7 Å². The molecule has 1 fully saturated rings. The second kappa shape index (κ2) is 5.73. The van der Waals surface area contributed by atoms with E-state index in [9.17, 15) is 9.59 Å². The molecule has 0 unspecified atom stereocenters. The van der Waals surface area contributed by atoms with Gasteiger partial charge in [-0.25, -0.2) is 4.79 Å². The van der Waals surface area contributed by atoms with E-state index in [1.165, 1.54) is 4.90 Å². The largest absolute Gasteiger partial charge is 0.480 e. The smallest absolute Gasteiger partial charge is 0.323 e. The lowest BCUT2D eigenvalue weighted by molar-refractivity contribution is -0.135. The maximum absolute atomic E-state index is 12.0. The molecule has 2 amide bonds. The molecule has 0 saturated heterocycles. The zero-order valence-corrected chi connectivity index (χ0v) is 10.9. The molecule has 0 spiro atoms. The van der Waals surface area contributed by atoms with Crippen molar-refractivity contribution in [3.05, 3.63) is 29.8 Å². The Kier molecular flexibility index (Phi) is 4.04. The van der Waals surface area contributed by atoms with Crippen LogP contribution < -0.4 is 10.2 Å². The molecule has 5 heteroatoms. The van der Waals surface area contributed by atoms with Gasteiger partial charge in [0, 0.05) is 12.2 Å². The van der Waals surface area contributed by atoms with E-state index in [2.05, 4.69) is 5.32 Å². The fourth-order valence-corrected chi connectivity index (χ4v) is 1.79. The van der Waals surface area contributed by atoms with Gasteiger partial charge in [-0.3, -0.25) is 9.69 Å². The van der Waals surface area contributed by atoms with Crippen LogP contribution in [0.3, 0.4) is 0 Å². The van der Waals surface area contributed by atoms with Crippen molar-refractivity contribution in [3.8, 4) is 0 Å². The fraction of sp³-hybridized carbons (Fsp3) is 0.429. The Balaban J connectivity index is 2.06. The van der Waals surface area contributed by atoms with E-state index in [-0.39, 0.29) is 12.6 Å². The van der Waals surface area contributed by atoms with Gasteiger partial charge in [0.1, 0.15) is 6.54 Å². The Morgan fingerprint density at radius 3 is 2.47 bits per heavy atom. The van der Waals surface area contributed by atoms with Crippen molar-refractivity contribution in [2.45, 2.75) is 19.8 Å². The maximum Gasteiger partial charge on any atom is 0.323 e. The Bertz CT molecular complexity index is 466. The Morgan fingerprint density at radius 2 is 1.95 bits per heavy atom. The van der Waals surface area contributed by atoms with Gasteiger partial charge in [0.15, 0.2) is 0 Å². The molecule has 1 aromatic carbocycles. The third-order valence-corrected chi connectivity index (χ3v) is 3.12. The highest BCUT2D eigenvalue weighted by Crippen LogP contribution is 2.27. The summed E-state index contributed by atoms with van der Waals surface area (Å²) in [4.78, 5) is 24.2. The molecule has 19 heavy (non-hydrogen) atoms. The summed E-state index contributed by atoms with van der Waals surface area (Å²) >= 11 is 0. The molecule has 1 aliphatic rings. The summed E-state index contributed by atoms with van der Waals surface area (Å²) in [6.07, 6.45) is 2.29. The highest BCUT2D eigenvalue weighted by molar-refractivity contribution is 5.96. The van der Waals surface area contributed by atoms with E-state index in [4.69, 9.17) is 5.11 Å². The van der Waals surface area contributed by atoms with E-state index in [0.717, 1.165) is 18.4 Å². The predicted octanol–water partition coefficient (Wildman–Crippen LogP) is 2.01. The molecule has 1 saturated carbocycles. The minimum Gasteiger partial charge on any atom is -0.480 e. The van der Waals surface area contributed by atoms with Crippen molar-refractivity contribution in [1.29, 1.82) is 0 Å².